The van der Waals surface area contributed by atoms with E-state index in [-0.39, 0.29) is 0 Å². The zero-order chi connectivity index (χ0) is 14.2. The summed E-state index contributed by atoms with van der Waals surface area (Å²) in [6.07, 6.45) is 0. The van der Waals surface area contributed by atoms with Crippen LogP contribution in [0, 0.1) is 0 Å². The molecule has 104 valence electrons. The fraction of sp³-hybridized carbons (Fsp3) is 0.158. The highest BCUT2D eigenvalue weighted by Crippen LogP contribution is 2.32. The molecular formula is C19H18N2. The van der Waals surface area contributed by atoms with E-state index < -0.39 is 0 Å². The van der Waals surface area contributed by atoms with E-state index in [1.807, 2.05) is 0 Å². The van der Waals surface area contributed by atoms with E-state index >= 15 is 0 Å². The van der Waals surface area contributed by atoms with Gasteiger partial charge in [0.1, 0.15) is 0 Å². The van der Waals surface area contributed by atoms with Crippen LogP contribution >= 0.6 is 0 Å². The summed E-state index contributed by atoms with van der Waals surface area (Å²) in [6, 6.07) is 21.4. The molecular weight excluding hydrogens is 256 g/mol. The van der Waals surface area contributed by atoms with E-state index in [1.54, 1.807) is 0 Å². The molecule has 2 heteroatoms. The smallest absolute Gasteiger partial charge is 0.0323 e. The van der Waals surface area contributed by atoms with Gasteiger partial charge in [-0.25, -0.2) is 0 Å². The van der Waals surface area contributed by atoms with Crippen molar-refractivity contribution < 1.29 is 0 Å². The van der Waals surface area contributed by atoms with Gasteiger partial charge in [0.05, 0.1) is 0 Å². The lowest BCUT2D eigenvalue weighted by Gasteiger charge is -2.29. The highest BCUT2D eigenvalue weighted by Gasteiger charge is 2.18. The Hall–Kier alpha value is -2.32. The van der Waals surface area contributed by atoms with Gasteiger partial charge >= 0.3 is 0 Å². The van der Waals surface area contributed by atoms with Crippen molar-refractivity contribution in [3.63, 3.8) is 0 Å². The lowest BCUT2D eigenvalue weighted by molar-refractivity contribution is 0.243. The van der Waals surface area contributed by atoms with Crippen LogP contribution in [-0.4, -0.2) is 4.90 Å². The molecule has 21 heavy (non-hydrogen) atoms. The number of hydrogen-bond acceptors (Lipinski definition) is 2. The molecule has 4 rings (SSSR count). The van der Waals surface area contributed by atoms with E-state index in [9.17, 15) is 0 Å². The molecule has 1 aliphatic heterocycles. The fourth-order valence-electron chi connectivity index (χ4n) is 3.37. The number of hydrogen-bond donors (Lipinski definition) is 1. The maximum absolute atomic E-state index is 6.05. The largest absolute Gasteiger partial charge is 0.399 e. The molecule has 0 aromatic heterocycles. The van der Waals surface area contributed by atoms with Crippen LogP contribution in [0.4, 0.5) is 5.69 Å². The van der Waals surface area contributed by atoms with Crippen LogP contribution in [0.15, 0.2) is 60.7 Å². The van der Waals surface area contributed by atoms with Gasteiger partial charge in [0.25, 0.3) is 0 Å². The monoisotopic (exact) mass is 274 g/mol. The second-order valence-electron chi connectivity index (χ2n) is 5.83. The van der Waals surface area contributed by atoms with Gasteiger partial charge < -0.3 is 5.73 Å². The molecule has 0 unspecified atom stereocenters. The van der Waals surface area contributed by atoms with Crippen molar-refractivity contribution in [3.8, 4) is 0 Å². The van der Waals surface area contributed by atoms with Crippen LogP contribution < -0.4 is 5.73 Å². The molecule has 0 amide bonds. The number of rotatable bonds is 2. The van der Waals surface area contributed by atoms with E-state index in [0.29, 0.717) is 0 Å². The van der Waals surface area contributed by atoms with Gasteiger partial charge in [0, 0.05) is 25.3 Å². The summed E-state index contributed by atoms with van der Waals surface area (Å²) in [5.41, 5.74) is 11.0. The van der Waals surface area contributed by atoms with Crippen molar-refractivity contribution in [1.82, 2.24) is 4.90 Å². The first-order chi connectivity index (χ1) is 10.3. The number of anilines is 1. The second kappa shape index (κ2) is 4.90. The van der Waals surface area contributed by atoms with Gasteiger partial charge in [-0.15, -0.1) is 0 Å². The molecule has 2 nitrogen and oxygen atoms in total. The number of nitrogen functional groups attached to an aromatic ring is 1. The molecule has 0 fully saturated rings. The Balaban J connectivity index is 1.72. The summed E-state index contributed by atoms with van der Waals surface area (Å²) in [5.74, 6) is 0. The first kappa shape index (κ1) is 12.4. The van der Waals surface area contributed by atoms with Gasteiger partial charge in [-0.1, -0.05) is 48.5 Å². The zero-order valence-electron chi connectivity index (χ0n) is 11.9. The summed E-state index contributed by atoms with van der Waals surface area (Å²) < 4.78 is 0. The maximum Gasteiger partial charge on any atom is 0.0323 e. The highest BCUT2D eigenvalue weighted by molar-refractivity contribution is 5.92. The predicted molar refractivity (Wildman–Crippen MR) is 87.8 cm³/mol. The molecule has 0 spiro atoms. The summed E-state index contributed by atoms with van der Waals surface area (Å²) >= 11 is 0. The van der Waals surface area contributed by atoms with Crippen molar-refractivity contribution in [3.05, 3.63) is 77.4 Å². The van der Waals surface area contributed by atoms with Crippen molar-refractivity contribution in [2.24, 2.45) is 0 Å². The molecule has 1 aliphatic rings. The van der Waals surface area contributed by atoms with Crippen molar-refractivity contribution >= 4 is 16.5 Å². The Morgan fingerprint density at radius 1 is 0.857 bits per heavy atom. The minimum Gasteiger partial charge on any atom is -0.399 e. The molecule has 0 saturated heterocycles. The Morgan fingerprint density at radius 2 is 1.67 bits per heavy atom. The third kappa shape index (κ3) is 2.28. The quantitative estimate of drug-likeness (QED) is 0.717. The standard InChI is InChI=1S/C19H18N2/c20-18-9-15-7-4-8-16-12-21(13-17(10-18)19(15)16)11-14-5-2-1-3-6-14/h1-10H,11-13,20H2. The van der Waals surface area contributed by atoms with Gasteiger partial charge in [-0.05, 0) is 39.6 Å². The van der Waals surface area contributed by atoms with Crippen molar-refractivity contribution in [2.45, 2.75) is 19.6 Å². The summed E-state index contributed by atoms with van der Waals surface area (Å²) in [4.78, 5) is 2.48. The van der Waals surface area contributed by atoms with Crippen LogP contribution in [-0.2, 0) is 19.6 Å². The molecule has 2 N–H and O–H groups in total. The van der Waals surface area contributed by atoms with Crippen molar-refractivity contribution in [2.75, 3.05) is 5.73 Å². The fourth-order valence-corrected chi connectivity index (χ4v) is 3.37. The number of nitrogens with zero attached hydrogens (tertiary/aromatic N) is 1. The van der Waals surface area contributed by atoms with Gasteiger partial charge in [-0.3, -0.25) is 4.90 Å². The third-order valence-corrected chi connectivity index (χ3v) is 4.20. The highest BCUT2D eigenvalue weighted by atomic mass is 15.1. The van der Waals surface area contributed by atoms with Crippen LogP contribution in [0.2, 0.25) is 0 Å². The van der Waals surface area contributed by atoms with Crippen LogP contribution in [0.1, 0.15) is 16.7 Å². The number of benzene rings is 3. The lowest BCUT2D eigenvalue weighted by Crippen LogP contribution is -2.26. The topological polar surface area (TPSA) is 29.3 Å². The lowest BCUT2D eigenvalue weighted by atomic mass is 9.94. The summed E-state index contributed by atoms with van der Waals surface area (Å²) in [7, 11) is 0. The molecule has 1 heterocycles. The van der Waals surface area contributed by atoms with Gasteiger partial charge in [-0.2, -0.15) is 0 Å². The molecule has 0 bridgehead atoms. The minimum absolute atomic E-state index is 0.858. The molecule has 0 atom stereocenters. The molecule has 3 aromatic rings. The third-order valence-electron chi connectivity index (χ3n) is 4.20. The van der Waals surface area contributed by atoms with Gasteiger partial charge in [0.2, 0.25) is 0 Å². The van der Waals surface area contributed by atoms with Gasteiger partial charge in [0.15, 0.2) is 0 Å². The Kier molecular flexibility index (Phi) is 2.90. The van der Waals surface area contributed by atoms with Crippen LogP contribution in [0.3, 0.4) is 0 Å². The number of nitrogens with two attached hydrogens (primary N) is 1. The van der Waals surface area contributed by atoms with Crippen molar-refractivity contribution in [1.29, 1.82) is 0 Å². The van der Waals surface area contributed by atoms with E-state index in [0.717, 1.165) is 25.3 Å². The summed E-state index contributed by atoms with van der Waals surface area (Å²) in [6.45, 7) is 2.95. The van der Waals surface area contributed by atoms with Crippen LogP contribution in [0.5, 0.6) is 0 Å². The van der Waals surface area contributed by atoms with E-state index in [1.165, 1.54) is 27.5 Å². The zero-order valence-corrected chi connectivity index (χ0v) is 11.9. The Morgan fingerprint density at radius 3 is 2.52 bits per heavy atom. The average Bonchev–Trinajstić information content (AvgIpc) is 2.48. The first-order valence-corrected chi connectivity index (χ1v) is 7.36. The molecule has 0 saturated carbocycles. The Bertz CT molecular complexity index is 793. The average molecular weight is 274 g/mol. The molecule has 0 radical (unpaired) electrons. The summed E-state index contributed by atoms with van der Waals surface area (Å²) in [5, 5.41) is 2.66. The molecule has 3 aromatic carbocycles. The Labute approximate surface area is 124 Å². The normalized spacial score (nSPS) is 14.5. The SMILES string of the molecule is Nc1cc2c3c(cccc3c1)CN(Cc1ccccc1)C2. The van der Waals surface area contributed by atoms with Crippen LogP contribution in [0.25, 0.3) is 10.8 Å². The van der Waals surface area contributed by atoms with E-state index in [4.69, 9.17) is 5.73 Å². The minimum atomic E-state index is 0.858. The maximum atomic E-state index is 6.05. The molecule has 0 aliphatic carbocycles. The predicted octanol–water partition coefficient (Wildman–Crippen LogP) is 3.94. The second-order valence-corrected chi connectivity index (χ2v) is 5.83. The first-order valence-electron chi connectivity index (χ1n) is 7.36. The van der Waals surface area contributed by atoms with E-state index in [2.05, 4.69) is 65.6 Å².